The van der Waals surface area contributed by atoms with Gasteiger partial charge in [0.15, 0.2) is 0 Å². The number of hydrogen-bond donors (Lipinski definition) is 0. The van der Waals surface area contributed by atoms with Crippen LogP contribution in [0.5, 0.6) is 0 Å². The SMILES string of the molecule is CC[P+](CC)(CC)O[B-]1(c2ccccc2)C(c2ccccc2)=C(c2ccccc2)C(c2ccccc2)=C1c1ccccc1. The van der Waals surface area contributed by atoms with E-state index in [4.69, 9.17) is 4.44 Å². The summed E-state index contributed by atoms with van der Waals surface area (Å²) < 4.78 is 8.12. The topological polar surface area (TPSA) is 9.23 Å². The molecule has 0 bridgehead atoms. The van der Waals surface area contributed by atoms with Crippen LogP contribution in [0.3, 0.4) is 0 Å². The lowest BCUT2D eigenvalue weighted by Gasteiger charge is -2.47. The molecule has 1 aliphatic rings. The first-order chi connectivity index (χ1) is 21.2. The van der Waals surface area contributed by atoms with Gasteiger partial charge in [0, 0.05) is 0 Å². The molecular weight excluding hydrogens is 538 g/mol. The van der Waals surface area contributed by atoms with Crippen LogP contribution in [0.2, 0.25) is 0 Å². The van der Waals surface area contributed by atoms with E-state index in [1.54, 1.807) is 0 Å². The predicted octanol–water partition coefficient (Wildman–Crippen LogP) is 10.2. The molecule has 0 fully saturated rings. The van der Waals surface area contributed by atoms with E-state index in [9.17, 15) is 0 Å². The molecule has 0 aromatic heterocycles. The van der Waals surface area contributed by atoms with Gasteiger partial charge >= 0.3 is 0 Å². The zero-order valence-corrected chi connectivity index (χ0v) is 26.4. The molecule has 1 aliphatic heterocycles. The Morgan fingerprint density at radius 3 is 1.05 bits per heavy atom. The molecule has 0 saturated carbocycles. The minimum Gasteiger partial charge on any atom is -0.425 e. The van der Waals surface area contributed by atoms with Crippen molar-refractivity contribution < 1.29 is 4.44 Å². The number of hydrogen-bond acceptors (Lipinski definition) is 1. The highest BCUT2D eigenvalue weighted by Gasteiger charge is 2.51. The molecule has 0 atom stereocenters. The molecule has 0 unspecified atom stereocenters. The van der Waals surface area contributed by atoms with Gasteiger partial charge in [0.1, 0.15) is 0 Å². The molecule has 0 amide bonds. The van der Waals surface area contributed by atoms with E-state index in [-0.39, 0.29) is 0 Å². The minimum absolute atomic E-state index is 1.04. The third kappa shape index (κ3) is 5.25. The highest BCUT2D eigenvalue weighted by Crippen LogP contribution is 2.66. The van der Waals surface area contributed by atoms with Gasteiger partial charge in [-0.2, -0.15) is 16.4 Å². The van der Waals surface area contributed by atoms with Gasteiger partial charge in [-0.3, -0.25) is 0 Å². The molecule has 0 N–H and O–H groups in total. The Kier molecular flexibility index (Phi) is 8.62. The Labute approximate surface area is 258 Å². The van der Waals surface area contributed by atoms with Crippen molar-refractivity contribution >= 4 is 41.4 Å². The second-order valence-corrected chi connectivity index (χ2v) is 15.6. The van der Waals surface area contributed by atoms with Crippen molar-refractivity contribution in [3.63, 3.8) is 0 Å². The normalized spacial score (nSPS) is 14.8. The smallest absolute Gasteiger partial charge is 0.248 e. The van der Waals surface area contributed by atoms with Crippen LogP contribution in [0.25, 0.3) is 22.1 Å². The molecule has 3 heteroatoms. The van der Waals surface area contributed by atoms with E-state index in [1.165, 1.54) is 49.8 Å². The predicted molar refractivity (Wildman–Crippen MR) is 191 cm³/mol. The van der Waals surface area contributed by atoms with E-state index in [0.29, 0.717) is 0 Å². The van der Waals surface area contributed by atoms with E-state index in [0.717, 1.165) is 18.5 Å². The summed E-state index contributed by atoms with van der Waals surface area (Å²) in [6, 6.07) is 55.0. The van der Waals surface area contributed by atoms with Gasteiger partial charge in [0.05, 0.1) is 26.0 Å². The largest absolute Gasteiger partial charge is 0.425 e. The van der Waals surface area contributed by atoms with Crippen LogP contribution < -0.4 is 5.46 Å². The van der Waals surface area contributed by atoms with E-state index >= 15 is 0 Å². The lowest BCUT2D eigenvalue weighted by atomic mass is 9.27. The van der Waals surface area contributed by atoms with Gasteiger partial charge < -0.3 is 4.44 Å². The summed E-state index contributed by atoms with van der Waals surface area (Å²) in [7, 11) is -1.81. The van der Waals surface area contributed by atoms with Crippen molar-refractivity contribution in [2.24, 2.45) is 0 Å². The molecule has 0 aliphatic carbocycles. The summed E-state index contributed by atoms with van der Waals surface area (Å²) in [6.07, 6.45) is 1.27. The van der Waals surface area contributed by atoms with E-state index < -0.39 is 13.8 Å². The maximum Gasteiger partial charge on any atom is 0.248 e. The summed E-state index contributed by atoms with van der Waals surface area (Å²) >= 11 is 0. The van der Waals surface area contributed by atoms with Gasteiger partial charge in [-0.1, -0.05) is 163 Å². The molecule has 6 rings (SSSR count). The van der Waals surface area contributed by atoms with Gasteiger partial charge in [-0.05, 0) is 43.0 Å². The molecule has 5 aromatic rings. The maximum atomic E-state index is 8.12. The third-order valence-corrected chi connectivity index (χ3v) is 13.5. The van der Waals surface area contributed by atoms with Crippen LogP contribution in [-0.4, -0.2) is 24.8 Å². The van der Waals surface area contributed by atoms with Crippen LogP contribution >= 0.6 is 7.49 Å². The number of allylic oxidation sites excluding steroid dienone is 2. The fraction of sp³-hybridized carbons (Fsp3) is 0.150. The lowest BCUT2D eigenvalue weighted by molar-refractivity contribution is 0.619. The van der Waals surface area contributed by atoms with Crippen LogP contribution in [0.1, 0.15) is 43.0 Å². The van der Waals surface area contributed by atoms with Crippen LogP contribution in [0.15, 0.2) is 152 Å². The summed E-state index contributed by atoms with van der Waals surface area (Å²) in [6.45, 7) is 7.00. The van der Waals surface area contributed by atoms with Crippen molar-refractivity contribution in [2.75, 3.05) is 18.5 Å². The van der Waals surface area contributed by atoms with E-state index in [2.05, 4.69) is 172 Å². The fourth-order valence-corrected chi connectivity index (χ4v) is 9.87. The highest BCUT2D eigenvalue weighted by atomic mass is 31.2. The molecule has 5 aromatic carbocycles. The van der Waals surface area contributed by atoms with Crippen molar-refractivity contribution in [1.29, 1.82) is 0 Å². The van der Waals surface area contributed by atoms with Gasteiger partial charge in [-0.25, -0.2) is 0 Å². The van der Waals surface area contributed by atoms with Gasteiger partial charge in [0.25, 0.3) is 0 Å². The summed E-state index contributed by atoms with van der Waals surface area (Å²) in [5.41, 5.74) is 11.2. The Morgan fingerprint density at radius 1 is 0.419 bits per heavy atom. The van der Waals surface area contributed by atoms with E-state index in [1.807, 2.05) is 0 Å². The number of benzene rings is 5. The monoisotopic (exact) mass is 578 g/mol. The zero-order chi connectivity index (χ0) is 29.7. The molecule has 0 radical (unpaired) electrons. The van der Waals surface area contributed by atoms with Gasteiger partial charge in [-0.15, -0.1) is 0 Å². The molecule has 0 saturated heterocycles. The second kappa shape index (κ2) is 12.7. The number of rotatable bonds is 10. The summed E-state index contributed by atoms with van der Waals surface area (Å²) in [4.78, 5) is 0. The van der Waals surface area contributed by atoms with Crippen LogP contribution in [0.4, 0.5) is 0 Å². The Hall–Kier alpha value is -3.97. The minimum atomic E-state index is -1.86. The van der Waals surface area contributed by atoms with Crippen LogP contribution in [0, 0.1) is 0 Å². The molecule has 43 heavy (non-hydrogen) atoms. The Bertz CT molecular complexity index is 1600. The molecule has 214 valence electrons. The second-order valence-electron chi connectivity index (χ2n) is 11.4. The van der Waals surface area contributed by atoms with Gasteiger partial charge in [0.2, 0.25) is 6.35 Å². The standard InChI is InChI=1S/C40H40BOP/c1-4-43(5-2,6-3)42-41(36-30-20-11-21-31-36)39(34-26-16-9-17-27-34)37(32-22-12-7-13-23-32)38(33-24-14-8-15-25-33)40(41)35-28-18-10-19-29-35/h7-31H,4-6H2,1-3H3. The van der Waals surface area contributed by atoms with Crippen molar-refractivity contribution in [1.82, 2.24) is 0 Å². The average Bonchev–Trinajstić information content (AvgIpc) is 3.40. The molecule has 1 nitrogen and oxygen atoms in total. The summed E-state index contributed by atoms with van der Waals surface area (Å²) in [5.74, 6) is 0. The highest BCUT2D eigenvalue weighted by molar-refractivity contribution is 7.73. The maximum absolute atomic E-state index is 8.12. The Morgan fingerprint density at radius 2 is 0.721 bits per heavy atom. The summed E-state index contributed by atoms with van der Waals surface area (Å²) in [5, 5.41) is 0. The molecule has 1 heterocycles. The average molecular weight is 579 g/mol. The Balaban J connectivity index is 1.88. The van der Waals surface area contributed by atoms with Crippen molar-refractivity contribution in [3.8, 4) is 0 Å². The van der Waals surface area contributed by atoms with Crippen molar-refractivity contribution in [3.05, 3.63) is 174 Å². The third-order valence-electron chi connectivity index (χ3n) is 9.28. The molecular formula is C40H40BOP. The lowest BCUT2D eigenvalue weighted by Crippen LogP contribution is -2.53. The first-order valence-corrected chi connectivity index (χ1v) is 17.9. The quantitative estimate of drug-likeness (QED) is 0.118. The van der Waals surface area contributed by atoms with Crippen LogP contribution in [-0.2, 0) is 4.44 Å². The first-order valence-electron chi connectivity index (χ1n) is 15.7. The molecule has 0 spiro atoms. The van der Waals surface area contributed by atoms with Crippen molar-refractivity contribution in [2.45, 2.75) is 20.8 Å². The first kappa shape index (κ1) is 29.1. The fourth-order valence-electron chi connectivity index (χ4n) is 7.08. The zero-order valence-electron chi connectivity index (χ0n) is 25.5.